The number of ketones is 1. The maximum Gasteiger partial charge on any atom is 0.345 e. The highest BCUT2D eigenvalue weighted by Gasteiger charge is 2.79. The van der Waals surface area contributed by atoms with E-state index in [1.165, 1.54) is 26.0 Å². The standard InChI is InChI=1S/C45H48O14/c1-26-31(47)22-45(52)40(58-41(51)28-15-9-6-10-16-28)38-43(5,39(50)37(36(26)42(45,3)4)57-35(49)24-54-30-19-13-8-14-20-30)32(21-33-44(38,25-55-33)59-27(2)46)56-34(48)23-53-29-17-11-7-12-18-29/h6-20,31-33,37-38,40,47,52H,21-25H2,1-5H3/t31-,32-,33+,37+,38-,40-,43+,44-,45+/m0/s1. The van der Waals surface area contributed by atoms with Gasteiger partial charge in [0.25, 0.3) is 0 Å². The second kappa shape index (κ2) is 15.9. The number of benzene rings is 3. The predicted octanol–water partition coefficient (Wildman–Crippen LogP) is 4.34. The van der Waals surface area contributed by atoms with E-state index < -0.39 is 108 Å². The van der Waals surface area contributed by atoms with E-state index in [1.807, 2.05) is 0 Å². The summed E-state index contributed by atoms with van der Waals surface area (Å²) < 4.78 is 42.2. The van der Waals surface area contributed by atoms with Crippen molar-refractivity contribution in [3.8, 4) is 11.5 Å². The number of esters is 4. The van der Waals surface area contributed by atoms with Gasteiger partial charge in [-0.3, -0.25) is 9.59 Å². The Balaban J connectivity index is 1.40. The first-order valence-corrected chi connectivity index (χ1v) is 19.5. The number of Topliss-reactive ketones (excluding diaryl/α,β-unsaturated/α-hetero) is 1. The molecule has 3 aromatic carbocycles. The largest absolute Gasteiger partial charge is 0.482 e. The Morgan fingerprint density at radius 1 is 0.797 bits per heavy atom. The van der Waals surface area contributed by atoms with Crippen LogP contribution in [0.4, 0.5) is 0 Å². The van der Waals surface area contributed by atoms with E-state index in [2.05, 4.69) is 0 Å². The molecule has 0 aromatic heterocycles. The number of para-hydroxylation sites is 2. The molecule has 14 heteroatoms. The Kier molecular flexibility index (Phi) is 11.2. The van der Waals surface area contributed by atoms with Gasteiger partial charge < -0.3 is 43.4 Å². The van der Waals surface area contributed by atoms with Crippen LogP contribution in [0, 0.1) is 16.7 Å². The van der Waals surface area contributed by atoms with Crippen molar-refractivity contribution in [2.24, 2.45) is 16.7 Å². The molecule has 9 atom stereocenters. The summed E-state index contributed by atoms with van der Waals surface area (Å²) in [6.07, 6.45) is -8.05. The highest BCUT2D eigenvalue weighted by Crippen LogP contribution is 2.64. The Bertz CT molecular complexity index is 2120. The van der Waals surface area contributed by atoms with Crippen molar-refractivity contribution in [3.05, 3.63) is 108 Å². The van der Waals surface area contributed by atoms with Crippen molar-refractivity contribution in [1.29, 1.82) is 0 Å². The fraction of sp³-hybridized carbons (Fsp3) is 0.444. The summed E-state index contributed by atoms with van der Waals surface area (Å²) in [7, 11) is 0. The molecule has 7 rings (SSSR count). The lowest BCUT2D eigenvalue weighted by atomic mass is 9.44. The maximum absolute atomic E-state index is 15.9. The molecule has 14 nitrogen and oxygen atoms in total. The summed E-state index contributed by atoms with van der Waals surface area (Å²) in [5.41, 5.74) is -7.27. The molecule has 312 valence electrons. The van der Waals surface area contributed by atoms with Gasteiger partial charge in [0, 0.05) is 25.2 Å². The minimum Gasteiger partial charge on any atom is -0.482 e. The van der Waals surface area contributed by atoms with E-state index in [4.69, 9.17) is 33.2 Å². The minimum atomic E-state index is -2.26. The fourth-order valence-electron chi connectivity index (χ4n) is 9.57. The normalized spacial score (nSPS) is 31.7. The quantitative estimate of drug-likeness (QED) is 0.158. The van der Waals surface area contributed by atoms with Gasteiger partial charge in [-0.25, -0.2) is 14.4 Å². The first kappa shape index (κ1) is 41.6. The number of ether oxygens (including phenoxy) is 7. The fourth-order valence-corrected chi connectivity index (χ4v) is 9.57. The van der Waals surface area contributed by atoms with Crippen molar-refractivity contribution in [3.63, 3.8) is 0 Å². The molecule has 1 aliphatic heterocycles. The third-order valence-electron chi connectivity index (χ3n) is 12.6. The van der Waals surface area contributed by atoms with Crippen LogP contribution in [0.2, 0.25) is 0 Å². The SMILES string of the molecule is CC(=O)O[C@@]12CO[C@@H]1C[C@H](OC(=O)COc1ccccc1)[C@@]1(C)C(=O)[C@H](OC(=O)COc3ccccc3)C3=C(C)[C@@H](O)C[C@@](O)([C@@H](OC(=O)c4ccccc4)[C@H]21)C3(C)C. The van der Waals surface area contributed by atoms with Crippen LogP contribution < -0.4 is 9.47 Å². The predicted molar refractivity (Wildman–Crippen MR) is 207 cm³/mol. The van der Waals surface area contributed by atoms with Crippen LogP contribution >= 0.6 is 0 Å². The highest BCUT2D eigenvalue weighted by molar-refractivity contribution is 5.96. The van der Waals surface area contributed by atoms with Crippen molar-refractivity contribution in [2.75, 3.05) is 19.8 Å². The first-order chi connectivity index (χ1) is 28.0. The first-order valence-electron chi connectivity index (χ1n) is 19.5. The lowest BCUT2D eigenvalue weighted by Crippen LogP contribution is -2.82. The van der Waals surface area contributed by atoms with Crippen LogP contribution in [0.25, 0.3) is 0 Å². The Hall–Kier alpha value is -5.57. The van der Waals surface area contributed by atoms with Crippen LogP contribution in [0.3, 0.4) is 0 Å². The van der Waals surface area contributed by atoms with Gasteiger partial charge in [-0.2, -0.15) is 0 Å². The molecule has 4 aliphatic rings. The number of hydrogen-bond donors (Lipinski definition) is 2. The van der Waals surface area contributed by atoms with Crippen LogP contribution in [-0.2, 0) is 42.9 Å². The van der Waals surface area contributed by atoms with Gasteiger partial charge in [0.05, 0.1) is 29.6 Å². The number of aliphatic hydroxyl groups excluding tert-OH is 1. The van der Waals surface area contributed by atoms with Gasteiger partial charge in [-0.1, -0.05) is 68.4 Å². The minimum absolute atomic E-state index is 0.0586. The molecule has 2 saturated carbocycles. The van der Waals surface area contributed by atoms with E-state index in [1.54, 1.807) is 99.6 Å². The Morgan fingerprint density at radius 2 is 1.34 bits per heavy atom. The zero-order valence-corrected chi connectivity index (χ0v) is 33.5. The van der Waals surface area contributed by atoms with Gasteiger partial charge in [0.1, 0.15) is 35.4 Å². The maximum atomic E-state index is 15.9. The average Bonchev–Trinajstić information content (AvgIpc) is 3.21. The highest BCUT2D eigenvalue weighted by atomic mass is 16.6. The van der Waals surface area contributed by atoms with E-state index in [0.29, 0.717) is 11.5 Å². The number of rotatable bonds is 11. The van der Waals surface area contributed by atoms with Gasteiger partial charge in [-0.05, 0) is 61.4 Å². The van der Waals surface area contributed by atoms with Crippen molar-refractivity contribution in [1.82, 2.24) is 0 Å². The number of fused-ring (bicyclic) bond motifs is 5. The van der Waals surface area contributed by atoms with Crippen LogP contribution in [0.5, 0.6) is 11.5 Å². The molecular weight excluding hydrogens is 764 g/mol. The Labute approximate surface area is 341 Å². The van der Waals surface area contributed by atoms with Crippen molar-refractivity contribution >= 4 is 29.7 Å². The van der Waals surface area contributed by atoms with Crippen LogP contribution in [-0.4, -0.2) is 101 Å². The molecule has 0 amide bonds. The average molecular weight is 813 g/mol. The summed E-state index contributed by atoms with van der Waals surface area (Å²) >= 11 is 0. The molecule has 1 saturated heterocycles. The summed E-state index contributed by atoms with van der Waals surface area (Å²) in [6, 6.07) is 25.0. The van der Waals surface area contributed by atoms with E-state index in [0.717, 1.165) is 0 Å². The van der Waals surface area contributed by atoms with E-state index in [9.17, 15) is 29.4 Å². The number of carbonyl (C=O) groups excluding carboxylic acids is 5. The van der Waals surface area contributed by atoms with E-state index >= 15 is 4.79 Å². The molecule has 2 bridgehead atoms. The summed E-state index contributed by atoms with van der Waals surface area (Å²) in [5.74, 6) is -5.10. The smallest absolute Gasteiger partial charge is 0.345 e. The van der Waals surface area contributed by atoms with Crippen molar-refractivity contribution < 1.29 is 67.3 Å². The lowest BCUT2D eigenvalue weighted by molar-refractivity contribution is -0.346. The monoisotopic (exact) mass is 812 g/mol. The molecular formula is C45H48O14. The Morgan fingerprint density at radius 3 is 1.86 bits per heavy atom. The molecule has 3 aliphatic carbocycles. The summed E-state index contributed by atoms with van der Waals surface area (Å²) in [6.45, 7) is 5.94. The van der Waals surface area contributed by atoms with Crippen LogP contribution in [0.1, 0.15) is 57.8 Å². The van der Waals surface area contributed by atoms with Gasteiger partial charge in [0.15, 0.2) is 30.7 Å². The second-order valence-corrected chi connectivity index (χ2v) is 16.3. The molecule has 1 heterocycles. The molecule has 3 aromatic rings. The third kappa shape index (κ3) is 7.27. The molecule has 0 spiro atoms. The number of carbonyl (C=O) groups is 5. The van der Waals surface area contributed by atoms with Gasteiger partial charge in [-0.15, -0.1) is 0 Å². The topological polar surface area (TPSA) is 190 Å². The lowest BCUT2D eigenvalue weighted by Gasteiger charge is -2.67. The van der Waals surface area contributed by atoms with Gasteiger partial charge in [0.2, 0.25) is 0 Å². The molecule has 3 fully saturated rings. The van der Waals surface area contributed by atoms with Crippen LogP contribution in [0.15, 0.2) is 102 Å². The summed E-state index contributed by atoms with van der Waals surface area (Å²) in [4.78, 5) is 70.8. The zero-order valence-electron chi connectivity index (χ0n) is 33.5. The summed E-state index contributed by atoms with van der Waals surface area (Å²) in [5, 5.41) is 25.2. The number of hydrogen-bond acceptors (Lipinski definition) is 14. The molecule has 59 heavy (non-hydrogen) atoms. The number of aliphatic hydroxyl groups is 2. The zero-order chi connectivity index (χ0) is 42.3. The molecule has 2 N–H and O–H groups in total. The van der Waals surface area contributed by atoms with E-state index in [-0.39, 0.29) is 29.7 Å². The van der Waals surface area contributed by atoms with Crippen molar-refractivity contribution in [2.45, 2.75) is 89.2 Å². The van der Waals surface area contributed by atoms with Gasteiger partial charge >= 0.3 is 23.9 Å². The second-order valence-electron chi connectivity index (χ2n) is 16.3. The molecule has 0 unspecified atom stereocenters. The molecule has 0 radical (unpaired) electrons. The third-order valence-corrected chi connectivity index (χ3v) is 12.6.